The summed E-state index contributed by atoms with van der Waals surface area (Å²) in [6, 6.07) is 0. The zero-order valence-corrected chi connectivity index (χ0v) is 9.93. The van der Waals surface area contributed by atoms with E-state index in [2.05, 4.69) is 33.4 Å². The van der Waals surface area contributed by atoms with Gasteiger partial charge in [-0.3, -0.25) is 0 Å². The molecule has 2 fully saturated rings. The summed E-state index contributed by atoms with van der Waals surface area (Å²) >= 11 is 4.54. The monoisotopic (exact) mass is 198 g/mol. The minimum Gasteiger partial charge on any atom is -0.176 e. The van der Waals surface area contributed by atoms with E-state index in [-0.39, 0.29) is 0 Å². The molecule has 0 spiro atoms. The van der Waals surface area contributed by atoms with Gasteiger partial charge in [-0.05, 0) is 42.4 Å². The van der Waals surface area contributed by atoms with Gasteiger partial charge in [-0.25, -0.2) is 0 Å². The Balaban J connectivity index is 1.85. The smallest absolute Gasteiger partial charge is 0.00512 e. The quantitative estimate of drug-likeness (QED) is 0.658. The Morgan fingerprint density at radius 1 is 1.08 bits per heavy atom. The summed E-state index contributed by atoms with van der Waals surface area (Å²) in [6.45, 7) is 7.32. The van der Waals surface area contributed by atoms with E-state index in [9.17, 15) is 0 Å². The average molecular weight is 198 g/mol. The van der Waals surface area contributed by atoms with Crippen LogP contribution in [0, 0.1) is 29.6 Å². The number of thiol groups is 1. The summed E-state index contributed by atoms with van der Waals surface area (Å²) in [6.07, 6.45) is 4.32. The summed E-state index contributed by atoms with van der Waals surface area (Å²) in [5.74, 6) is 4.80. The summed E-state index contributed by atoms with van der Waals surface area (Å²) in [4.78, 5) is 0. The van der Waals surface area contributed by atoms with Crippen LogP contribution in [0.4, 0.5) is 0 Å². The molecule has 0 heterocycles. The fraction of sp³-hybridized carbons (Fsp3) is 1.00. The third kappa shape index (κ3) is 1.77. The first-order valence-corrected chi connectivity index (χ1v) is 6.31. The van der Waals surface area contributed by atoms with Crippen molar-refractivity contribution >= 4 is 12.6 Å². The molecule has 0 aromatic rings. The van der Waals surface area contributed by atoms with Crippen molar-refractivity contribution in [2.24, 2.45) is 29.6 Å². The van der Waals surface area contributed by atoms with E-state index in [4.69, 9.17) is 0 Å². The molecule has 76 valence electrons. The van der Waals surface area contributed by atoms with E-state index in [1.54, 1.807) is 0 Å². The molecule has 6 unspecified atom stereocenters. The van der Waals surface area contributed by atoms with Crippen LogP contribution in [0.1, 0.15) is 40.0 Å². The average Bonchev–Trinajstić information content (AvgIpc) is 2.78. The van der Waals surface area contributed by atoms with Crippen molar-refractivity contribution in [2.75, 3.05) is 0 Å². The first-order chi connectivity index (χ1) is 6.11. The fourth-order valence-electron chi connectivity index (χ4n) is 3.02. The standard InChI is InChI=1S/C12H22S/c1-7-4-5-10(7)8(2)9(3)11-6-12(11)13/h7-13H,4-6H2,1-3H3. The highest BCUT2D eigenvalue weighted by atomic mass is 32.1. The lowest BCUT2D eigenvalue weighted by Gasteiger charge is -2.41. The maximum atomic E-state index is 4.54. The van der Waals surface area contributed by atoms with Gasteiger partial charge in [0.25, 0.3) is 0 Å². The Morgan fingerprint density at radius 3 is 1.92 bits per heavy atom. The highest BCUT2D eigenvalue weighted by Gasteiger charge is 2.44. The lowest BCUT2D eigenvalue weighted by atomic mass is 9.64. The van der Waals surface area contributed by atoms with Gasteiger partial charge in [0.1, 0.15) is 0 Å². The predicted molar refractivity (Wildman–Crippen MR) is 61.1 cm³/mol. The van der Waals surface area contributed by atoms with Crippen LogP contribution in [0.15, 0.2) is 0 Å². The van der Waals surface area contributed by atoms with Crippen molar-refractivity contribution in [1.29, 1.82) is 0 Å². The normalized spacial score (nSPS) is 48.0. The third-order valence-electron chi connectivity index (χ3n) is 4.67. The van der Waals surface area contributed by atoms with Gasteiger partial charge in [-0.2, -0.15) is 12.6 Å². The molecule has 13 heavy (non-hydrogen) atoms. The maximum Gasteiger partial charge on any atom is 0.00512 e. The Hall–Kier alpha value is 0.350. The second-order valence-corrected chi connectivity index (χ2v) is 6.07. The van der Waals surface area contributed by atoms with E-state index < -0.39 is 0 Å². The SMILES string of the molecule is CC1CCC1C(C)C(C)C1CC1S. The van der Waals surface area contributed by atoms with Gasteiger partial charge in [0.2, 0.25) is 0 Å². The molecule has 0 amide bonds. The zero-order chi connectivity index (χ0) is 9.59. The van der Waals surface area contributed by atoms with Crippen molar-refractivity contribution in [3.05, 3.63) is 0 Å². The molecule has 0 aromatic heterocycles. The van der Waals surface area contributed by atoms with Crippen LogP contribution in [0.25, 0.3) is 0 Å². The van der Waals surface area contributed by atoms with Gasteiger partial charge < -0.3 is 0 Å². The van der Waals surface area contributed by atoms with E-state index in [0.29, 0.717) is 0 Å². The van der Waals surface area contributed by atoms with Gasteiger partial charge in [0.15, 0.2) is 0 Å². The molecule has 0 aliphatic heterocycles. The minimum absolute atomic E-state index is 0.729. The third-order valence-corrected chi connectivity index (χ3v) is 5.26. The predicted octanol–water partition coefficient (Wildman–Crippen LogP) is 3.62. The molecule has 2 saturated carbocycles. The number of hydrogen-bond donors (Lipinski definition) is 1. The van der Waals surface area contributed by atoms with Gasteiger partial charge in [-0.15, -0.1) is 0 Å². The second-order valence-electron chi connectivity index (χ2n) is 5.40. The molecule has 0 aromatic carbocycles. The lowest BCUT2D eigenvalue weighted by molar-refractivity contribution is 0.0876. The van der Waals surface area contributed by atoms with Crippen LogP contribution in [-0.2, 0) is 0 Å². The first kappa shape index (κ1) is 9.89. The van der Waals surface area contributed by atoms with Gasteiger partial charge >= 0.3 is 0 Å². The molecule has 6 atom stereocenters. The van der Waals surface area contributed by atoms with Crippen LogP contribution in [0.5, 0.6) is 0 Å². The zero-order valence-electron chi connectivity index (χ0n) is 9.03. The van der Waals surface area contributed by atoms with Crippen LogP contribution in [0.3, 0.4) is 0 Å². The van der Waals surface area contributed by atoms with Crippen molar-refractivity contribution in [3.63, 3.8) is 0 Å². The van der Waals surface area contributed by atoms with Crippen LogP contribution in [0.2, 0.25) is 0 Å². The molecule has 0 N–H and O–H groups in total. The first-order valence-electron chi connectivity index (χ1n) is 5.79. The summed E-state index contributed by atoms with van der Waals surface area (Å²) in [7, 11) is 0. The van der Waals surface area contributed by atoms with Gasteiger partial charge in [0.05, 0.1) is 0 Å². The Morgan fingerprint density at radius 2 is 1.62 bits per heavy atom. The fourth-order valence-corrected chi connectivity index (χ4v) is 3.53. The van der Waals surface area contributed by atoms with E-state index in [0.717, 1.165) is 34.8 Å². The Kier molecular flexibility index (Phi) is 2.65. The van der Waals surface area contributed by atoms with Crippen molar-refractivity contribution in [3.8, 4) is 0 Å². The Bertz CT molecular complexity index is 190. The molecule has 0 radical (unpaired) electrons. The van der Waals surface area contributed by atoms with Gasteiger partial charge in [-0.1, -0.05) is 27.2 Å². The summed E-state index contributed by atoms with van der Waals surface area (Å²) in [5.41, 5.74) is 0. The van der Waals surface area contributed by atoms with E-state index in [1.165, 1.54) is 19.3 Å². The topological polar surface area (TPSA) is 0 Å². The highest BCUT2D eigenvalue weighted by Crippen LogP contribution is 2.50. The number of rotatable bonds is 3. The van der Waals surface area contributed by atoms with Crippen molar-refractivity contribution < 1.29 is 0 Å². The summed E-state index contributed by atoms with van der Waals surface area (Å²) in [5, 5.41) is 0.729. The molecule has 0 saturated heterocycles. The van der Waals surface area contributed by atoms with E-state index >= 15 is 0 Å². The molecule has 1 heteroatoms. The summed E-state index contributed by atoms with van der Waals surface area (Å²) < 4.78 is 0. The second kappa shape index (κ2) is 3.49. The largest absolute Gasteiger partial charge is 0.176 e. The van der Waals surface area contributed by atoms with Crippen LogP contribution < -0.4 is 0 Å². The molecule has 0 nitrogen and oxygen atoms in total. The van der Waals surface area contributed by atoms with Crippen LogP contribution >= 0.6 is 12.6 Å². The minimum atomic E-state index is 0.729. The molecular weight excluding hydrogens is 176 g/mol. The molecule has 0 bridgehead atoms. The van der Waals surface area contributed by atoms with Crippen molar-refractivity contribution in [2.45, 2.75) is 45.3 Å². The molecular formula is C12H22S. The van der Waals surface area contributed by atoms with Crippen LogP contribution in [-0.4, -0.2) is 5.25 Å². The highest BCUT2D eigenvalue weighted by molar-refractivity contribution is 7.81. The van der Waals surface area contributed by atoms with Gasteiger partial charge in [0, 0.05) is 5.25 Å². The maximum absolute atomic E-state index is 4.54. The molecule has 2 rings (SSSR count). The van der Waals surface area contributed by atoms with E-state index in [1.807, 2.05) is 0 Å². The molecule has 2 aliphatic carbocycles. The number of hydrogen-bond acceptors (Lipinski definition) is 1. The lowest BCUT2D eigenvalue weighted by Crippen LogP contribution is -2.33. The van der Waals surface area contributed by atoms with Crippen molar-refractivity contribution in [1.82, 2.24) is 0 Å². The molecule has 2 aliphatic rings. The Labute approximate surface area is 87.9 Å².